The Morgan fingerprint density at radius 3 is 3.00 bits per heavy atom. The van der Waals surface area contributed by atoms with E-state index in [2.05, 4.69) is 27.4 Å². The fraction of sp³-hybridized carbons (Fsp3) is 0.143. The molecule has 0 saturated carbocycles. The first-order valence-electron chi connectivity index (χ1n) is 5.90. The number of hydrogen-bond donors (Lipinski definition) is 3. The lowest BCUT2D eigenvalue weighted by Crippen LogP contribution is -2.12. The molecule has 1 aromatic carbocycles. The van der Waals surface area contributed by atoms with Crippen molar-refractivity contribution in [3.05, 3.63) is 47.5 Å². The van der Waals surface area contributed by atoms with E-state index in [-0.39, 0.29) is 12.3 Å². The van der Waals surface area contributed by atoms with Gasteiger partial charge in [0, 0.05) is 18.2 Å². The second kappa shape index (κ2) is 6.50. The van der Waals surface area contributed by atoms with Crippen LogP contribution in [0.15, 0.2) is 30.6 Å². The molecule has 0 radical (unpaired) electrons. The van der Waals surface area contributed by atoms with Crippen LogP contribution in [0.5, 0.6) is 0 Å². The van der Waals surface area contributed by atoms with Gasteiger partial charge in [0.2, 0.25) is 0 Å². The molecule has 2 rings (SSSR count). The summed E-state index contributed by atoms with van der Waals surface area (Å²) in [5.41, 5.74) is 0.873. The van der Waals surface area contributed by atoms with Crippen LogP contribution in [0.4, 0.5) is 10.1 Å². The van der Waals surface area contributed by atoms with Crippen LogP contribution in [0.1, 0.15) is 22.3 Å². The summed E-state index contributed by atoms with van der Waals surface area (Å²) in [6.45, 7) is -0.0334. The highest BCUT2D eigenvalue weighted by Crippen LogP contribution is 2.16. The summed E-state index contributed by atoms with van der Waals surface area (Å²) < 4.78 is 13.8. The minimum absolute atomic E-state index is 0.0334. The standard InChI is InChI=1S/C14H12FN3O2/c15-12-7-10(3-1-2-6-19)4-5-13(12)18-14(20)11-8-16-17-9-11/h4-5,7-9,19H,2,6H2,(H,16,17)(H,18,20). The van der Waals surface area contributed by atoms with E-state index in [9.17, 15) is 9.18 Å². The molecular formula is C14H12FN3O2. The molecule has 0 atom stereocenters. The number of aliphatic hydroxyl groups excluding tert-OH is 1. The predicted molar refractivity (Wildman–Crippen MR) is 71.5 cm³/mol. The third kappa shape index (κ3) is 3.43. The van der Waals surface area contributed by atoms with Gasteiger partial charge in [0.05, 0.1) is 24.1 Å². The maximum absolute atomic E-state index is 13.8. The average Bonchev–Trinajstić information content (AvgIpc) is 2.96. The molecule has 0 aliphatic heterocycles. The van der Waals surface area contributed by atoms with Crippen molar-refractivity contribution in [2.24, 2.45) is 0 Å². The van der Waals surface area contributed by atoms with Crippen LogP contribution in [-0.4, -0.2) is 27.8 Å². The van der Waals surface area contributed by atoms with Crippen molar-refractivity contribution in [3.8, 4) is 11.8 Å². The molecule has 1 amide bonds. The van der Waals surface area contributed by atoms with Gasteiger partial charge in [0.25, 0.3) is 5.91 Å². The van der Waals surface area contributed by atoms with E-state index in [0.717, 1.165) is 0 Å². The Labute approximate surface area is 114 Å². The summed E-state index contributed by atoms with van der Waals surface area (Å²) in [5.74, 6) is 4.39. The highest BCUT2D eigenvalue weighted by atomic mass is 19.1. The Morgan fingerprint density at radius 2 is 2.35 bits per heavy atom. The minimum atomic E-state index is -0.572. The van der Waals surface area contributed by atoms with Crippen molar-refractivity contribution < 1.29 is 14.3 Å². The van der Waals surface area contributed by atoms with Crippen molar-refractivity contribution in [3.63, 3.8) is 0 Å². The van der Waals surface area contributed by atoms with Crippen molar-refractivity contribution in [2.45, 2.75) is 6.42 Å². The zero-order valence-electron chi connectivity index (χ0n) is 10.5. The molecule has 0 fully saturated rings. The lowest BCUT2D eigenvalue weighted by molar-refractivity contribution is 0.102. The van der Waals surface area contributed by atoms with E-state index in [1.54, 1.807) is 6.07 Å². The lowest BCUT2D eigenvalue weighted by Gasteiger charge is -2.05. The molecule has 6 heteroatoms. The number of carbonyl (C=O) groups is 1. The fourth-order valence-corrected chi connectivity index (χ4v) is 1.48. The van der Waals surface area contributed by atoms with Gasteiger partial charge in [0.15, 0.2) is 0 Å². The molecule has 0 saturated heterocycles. The number of aromatic amines is 1. The minimum Gasteiger partial charge on any atom is -0.395 e. The van der Waals surface area contributed by atoms with Gasteiger partial charge in [-0.25, -0.2) is 4.39 Å². The zero-order chi connectivity index (χ0) is 14.4. The fourth-order valence-electron chi connectivity index (χ4n) is 1.48. The Bertz CT molecular complexity index is 657. The zero-order valence-corrected chi connectivity index (χ0v) is 10.5. The average molecular weight is 273 g/mol. The Morgan fingerprint density at radius 1 is 1.50 bits per heavy atom. The molecule has 3 N–H and O–H groups in total. The monoisotopic (exact) mass is 273 g/mol. The topological polar surface area (TPSA) is 78.0 Å². The maximum Gasteiger partial charge on any atom is 0.258 e. The first-order valence-corrected chi connectivity index (χ1v) is 5.90. The van der Waals surface area contributed by atoms with Gasteiger partial charge in [-0.1, -0.05) is 11.8 Å². The molecule has 0 unspecified atom stereocenters. The normalized spacial score (nSPS) is 9.70. The van der Waals surface area contributed by atoms with Crippen LogP contribution in [0, 0.1) is 17.7 Å². The number of amides is 1. The summed E-state index contributed by atoms with van der Waals surface area (Å²) in [5, 5.41) is 17.2. The summed E-state index contributed by atoms with van der Waals surface area (Å²) in [6, 6.07) is 4.27. The van der Waals surface area contributed by atoms with E-state index in [0.29, 0.717) is 17.5 Å². The number of carbonyl (C=O) groups excluding carboxylic acids is 1. The van der Waals surface area contributed by atoms with Crippen LogP contribution in [0.2, 0.25) is 0 Å². The number of nitrogens with zero attached hydrogens (tertiary/aromatic N) is 1. The van der Waals surface area contributed by atoms with Gasteiger partial charge >= 0.3 is 0 Å². The maximum atomic E-state index is 13.8. The van der Waals surface area contributed by atoms with Gasteiger partial charge in [-0.3, -0.25) is 9.89 Å². The number of rotatable bonds is 3. The molecular weight excluding hydrogens is 261 g/mol. The molecule has 0 spiro atoms. The van der Waals surface area contributed by atoms with Gasteiger partial charge in [-0.2, -0.15) is 5.10 Å². The summed E-state index contributed by atoms with van der Waals surface area (Å²) in [4.78, 5) is 11.7. The molecule has 1 heterocycles. The van der Waals surface area contributed by atoms with Gasteiger partial charge in [0.1, 0.15) is 5.82 Å². The van der Waals surface area contributed by atoms with Crippen LogP contribution in [-0.2, 0) is 0 Å². The van der Waals surface area contributed by atoms with Crippen molar-refractivity contribution in [1.82, 2.24) is 10.2 Å². The molecule has 2 aromatic rings. The highest BCUT2D eigenvalue weighted by molar-refractivity contribution is 6.03. The van der Waals surface area contributed by atoms with E-state index in [4.69, 9.17) is 5.11 Å². The summed E-state index contributed by atoms with van der Waals surface area (Å²) >= 11 is 0. The van der Waals surface area contributed by atoms with E-state index in [1.165, 1.54) is 24.5 Å². The van der Waals surface area contributed by atoms with Gasteiger partial charge in [-0.15, -0.1) is 0 Å². The highest BCUT2D eigenvalue weighted by Gasteiger charge is 2.10. The smallest absolute Gasteiger partial charge is 0.258 e. The third-order valence-corrected chi connectivity index (χ3v) is 2.45. The van der Waals surface area contributed by atoms with E-state index >= 15 is 0 Å². The Kier molecular flexibility index (Phi) is 4.47. The summed E-state index contributed by atoms with van der Waals surface area (Å²) in [7, 11) is 0. The summed E-state index contributed by atoms with van der Waals surface area (Å²) in [6.07, 6.45) is 3.10. The molecule has 0 aliphatic carbocycles. The first kappa shape index (κ1) is 13.8. The van der Waals surface area contributed by atoms with Gasteiger partial charge in [-0.05, 0) is 18.2 Å². The van der Waals surface area contributed by atoms with Gasteiger partial charge < -0.3 is 10.4 Å². The molecule has 5 nitrogen and oxygen atoms in total. The molecule has 0 aliphatic rings. The number of halogens is 1. The Hall–Kier alpha value is -2.65. The number of nitrogens with one attached hydrogen (secondary N) is 2. The number of H-pyrrole nitrogens is 1. The van der Waals surface area contributed by atoms with E-state index in [1.807, 2.05) is 0 Å². The third-order valence-electron chi connectivity index (χ3n) is 2.45. The number of anilines is 1. The van der Waals surface area contributed by atoms with Crippen LogP contribution in [0.3, 0.4) is 0 Å². The number of hydrogen-bond acceptors (Lipinski definition) is 3. The molecule has 1 aromatic heterocycles. The predicted octanol–water partition coefficient (Wildman–Crippen LogP) is 1.53. The number of aliphatic hydroxyl groups is 1. The molecule has 20 heavy (non-hydrogen) atoms. The van der Waals surface area contributed by atoms with Crippen molar-refractivity contribution in [1.29, 1.82) is 0 Å². The number of benzene rings is 1. The quantitative estimate of drug-likeness (QED) is 0.742. The first-order chi connectivity index (χ1) is 9.70. The largest absolute Gasteiger partial charge is 0.395 e. The van der Waals surface area contributed by atoms with Crippen molar-refractivity contribution in [2.75, 3.05) is 11.9 Å². The second-order valence-electron chi connectivity index (χ2n) is 3.91. The molecule has 102 valence electrons. The van der Waals surface area contributed by atoms with Crippen LogP contribution < -0.4 is 5.32 Å². The van der Waals surface area contributed by atoms with Crippen LogP contribution in [0.25, 0.3) is 0 Å². The van der Waals surface area contributed by atoms with Crippen LogP contribution >= 0.6 is 0 Å². The van der Waals surface area contributed by atoms with E-state index < -0.39 is 11.7 Å². The SMILES string of the molecule is O=C(Nc1ccc(C#CCCO)cc1F)c1cn[nH]c1. The molecule has 0 bridgehead atoms. The number of aromatic nitrogens is 2. The lowest BCUT2D eigenvalue weighted by atomic mass is 10.2. The van der Waals surface area contributed by atoms with Crippen molar-refractivity contribution >= 4 is 11.6 Å². The second-order valence-corrected chi connectivity index (χ2v) is 3.91. The Balaban J connectivity index is 2.11.